The first kappa shape index (κ1) is 17.7. The Bertz CT molecular complexity index is 673. The normalized spacial score (nSPS) is 23.8. The minimum absolute atomic E-state index is 0.0856. The summed E-state index contributed by atoms with van der Waals surface area (Å²) >= 11 is 0. The van der Waals surface area contributed by atoms with Crippen LogP contribution in [0.4, 0.5) is 0 Å². The maximum Gasteiger partial charge on any atom is 0.253 e. The lowest BCUT2D eigenvalue weighted by Gasteiger charge is -2.52. The van der Waals surface area contributed by atoms with Crippen LogP contribution in [-0.4, -0.2) is 46.8 Å². The van der Waals surface area contributed by atoms with Gasteiger partial charge in [-0.15, -0.1) is 6.58 Å². The topological polar surface area (TPSA) is 40.6 Å². The fourth-order valence-electron chi connectivity index (χ4n) is 4.52. The van der Waals surface area contributed by atoms with Crippen molar-refractivity contribution in [3.63, 3.8) is 0 Å². The second-order valence-electron chi connectivity index (χ2n) is 7.58. The molecule has 4 heteroatoms. The summed E-state index contributed by atoms with van der Waals surface area (Å²) in [5.74, 6) is 0.286. The van der Waals surface area contributed by atoms with Crippen molar-refractivity contribution < 1.29 is 9.59 Å². The van der Waals surface area contributed by atoms with Gasteiger partial charge in [-0.1, -0.05) is 23.3 Å². The second kappa shape index (κ2) is 7.03. The highest BCUT2D eigenvalue weighted by Crippen LogP contribution is 2.37. The van der Waals surface area contributed by atoms with Gasteiger partial charge < -0.3 is 9.80 Å². The molecule has 2 aliphatic rings. The van der Waals surface area contributed by atoms with Crippen molar-refractivity contribution in [1.29, 1.82) is 0 Å². The van der Waals surface area contributed by atoms with Crippen molar-refractivity contribution in [2.45, 2.75) is 51.5 Å². The number of carbonyl (C=O) groups is 2. The van der Waals surface area contributed by atoms with Gasteiger partial charge in [0, 0.05) is 31.6 Å². The molecule has 2 saturated heterocycles. The second-order valence-corrected chi connectivity index (χ2v) is 7.58. The van der Waals surface area contributed by atoms with Crippen LogP contribution < -0.4 is 0 Å². The number of aryl methyl sites for hydroxylation is 2. The van der Waals surface area contributed by atoms with E-state index in [4.69, 9.17) is 0 Å². The quantitative estimate of drug-likeness (QED) is 0.791. The molecule has 1 spiro atoms. The highest BCUT2D eigenvalue weighted by Gasteiger charge is 2.45. The Labute approximate surface area is 150 Å². The highest BCUT2D eigenvalue weighted by atomic mass is 16.2. The van der Waals surface area contributed by atoms with Crippen molar-refractivity contribution in [3.05, 3.63) is 47.5 Å². The zero-order valence-electron chi connectivity index (χ0n) is 15.4. The summed E-state index contributed by atoms with van der Waals surface area (Å²) in [6.45, 7) is 9.83. The fraction of sp³-hybridized carbons (Fsp3) is 0.524. The Morgan fingerprint density at radius 1 is 1.20 bits per heavy atom. The van der Waals surface area contributed by atoms with Crippen LogP contribution in [0.5, 0.6) is 0 Å². The average molecular weight is 340 g/mol. The lowest BCUT2D eigenvalue weighted by molar-refractivity contribution is -0.143. The Hall–Kier alpha value is -2.10. The summed E-state index contributed by atoms with van der Waals surface area (Å²) in [7, 11) is 0. The van der Waals surface area contributed by atoms with Gasteiger partial charge in [0.25, 0.3) is 5.91 Å². The van der Waals surface area contributed by atoms with Crippen LogP contribution in [0, 0.1) is 13.8 Å². The van der Waals surface area contributed by atoms with E-state index < -0.39 is 0 Å². The van der Waals surface area contributed by atoms with Crippen molar-refractivity contribution in [1.82, 2.24) is 9.80 Å². The van der Waals surface area contributed by atoms with E-state index in [0.717, 1.165) is 48.9 Å². The average Bonchev–Trinajstić information content (AvgIpc) is 2.57. The molecule has 0 aromatic heterocycles. The van der Waals surface area contributed by atoms with Crippen molar-refractivity contribution in [2.24, 2.45) is 0 Å². The van der Waals surface area contributed by atoms with E-state index in [0.29, 0.717) is 19.5 Å². The molecule has 134 valence electrons. The molecule has 0 saturated carbocycles. The molecular formula is C21H28N2O2. The number of likely N-dealkylation sites (tertiary alicyclic amines) is 2. The van der Waals surface area contributed by atoms with E-state index in [1.54, 1.807) is 6.08 Å². The van der Waals surface area contributed by atoms with Gasteiger partial charge in [-0.05, 0) is 51.7 Å². The van der Waals surface area contributed by atoms with Gasteiger partial charge in [0.05, 0.1) is 5.54 Å². The lowest BCUT2D eigenvalue weighted by Crippen LogP contribution is -2.63. The maximum absolute atomic E-state index is 13.1. The van der Waals surface area contributed by atoms with Crippen LogP contribution in [0.2, 0.25) is 0 Å². The molecule has 0 N–H and O–H groups in total. The third-order valence-corrected chi connectivity index (χ3v) is 5.53. The monoisotopic (exact) mass is 340 g/mol. The van der Waals surface area contributed by atoms with Gasteiger partial charge in [-0.2, -0.15) is 0 Å². The number of piperidine rings is 2. The third-order valence-electron chi connectivity index (χ3n) is 5.53. The van der Waals surface area contributed by atoms with Crippen molar-refractivity contribution in [3.8, 4) is 0 Å². The summed E-state index contributed by atoms with van der Waals surface area (Å²) in [5, 5.41) is 0. The smallest absolute Gasteiger partial charge is 0.253 e. The Morgan fingerprint density at radius 3 is 2.56 bits per heavy atom. The number of amides is 2. The molecule has 1 unspecified atom stereocenters. The van der Waals surface area contributed by atoms with E-state index in [-0.39, 0.29) is 17.4 Å². The van der Waals surface area contributed by atoms with Crippen LogP contribution in [-0.2, 0) is 4.79 Å². The molecule has 1 atom stereocenters. The molecule has 4 nitrogen and oxygen atoms in total. The standard InChI is InChI=1S/C21H28N2O2/c1-4-10-23-19(24)7-5-8-21(23)9-6-11-22(15-21)20(25)18-13-16(2)12-17(3)14-18/h4,12-14H,1,5-11,15H2,2-3H3. The largest absolute Gasteiger partial charge is 0.336 e. The molecule has 3 rings (SSSR count). The van der Waals surface area contributed by atoms with Crippen LogP contribution in [0.3, 0.4) is 0 Å². The minimum Gasteiger partial charge on any atom is -0.336 e. The van der Waals surface area contributed by atoms with Gasteiger partial charge in [-0.3, -0.25) is 9.59 Å². The molecule has 2 heterocycles. The Balaban J connectivity index is 1.85. The van der Waals surface area contributed by atoms with E-state index in [1.807, 2.05) is 35.8 Å². The van der Waals surface area contributed by atoms with Gasteiger partial charge in [0.2, 0.25) is 5.91 Å². The first-order valence-electron chi connectivity index (χ1n) is 9.24. The summed E-state index contributed by atoms with van der Waals surface area (Å²) in [6.07, 6.45) is 6.22. The number of hydrogen-bond acceptors (Lipinski definition) is 2. The summed E-state index contributed by atoms with van der Waals surface area (Å²) in [5.41, 5.74) is 2.76. The van der Waals surface area contributed by atoms with Gasteiger partial charge in [0.15, 0.2) is 0 Å². The lowest BCUT2D eigenvalue weighted by atomic mass is 9.79. The number of nitrogens with zero attached hydrogens (tertiary/aromatic N) is 2. The summed E-state index contributed by atoms with van der Waals surface area (Å²) in [6, 6.07) is 6.01. The van der Waals surface area contributed by atoms with Gasteiger partial charge in [0.1, 0.15) is 0 Å². The van der Waals surface area contributed by atoms with E-state index in [9.17, 15) is 9.59 Å². The van der Waals surface area contributed by atoms with Crippen molar-refractivity contribution in [2.75, 3.05) is 19.6 Å². The number of benzene rings is 1. The third kappa shape index (κ3) is 3.48. The van der Waals surface area contributed by atoms with Crippen LogP contribution in [0.1, 0.15) is 53.6 Å². The van der Waals surface area contributed by atoms with Crippen molar-refractivity contribution >= 4 is 11.8 Å². The van der Waals surface area contributed by atoms with Gasteiger partial charge >= 0.3 is 0 Å². The molecule has 2 aliphatic heterocycles. The minimum atomic E-state index is -0.212. The zero-order valence-corrected chi connectivity index (χ0v) is 15.4. The van der Waals surface area contributed by atoms with Gasteiger partial charge in [-0.25, -0.2) is 0 Å². The number of hydrogen-bond donors (Lipinski definition) is 0. The molecule has 2 fully saturated rings. The molecule has 1 aromatic rings. The Morgan fingerprint density at radius 2 is 1.88 bits per heavy atom. The molecule has 2 amide bonds. The fourth-order valence-corrected chi connectivity index (χ4v) is 4.52. The summed E-state index contributed by atoms with van der Waals surface area (Å²) in [4.78, 5) is 29.5. The number of carbonyl (C=O) groups excluding carboxylic acids is 2. The molecule has 0 bridgehead atoms. The maximum atomic E-state index is 13.1. The van der Waals surface area contributed by atoms with Crippen LogP contribution in [0.25, 0.3) is 0 Å². The first-order valence-corrected chi connectivity index (χ1v) is 9.24. The molecule has 1 aromatic carbocycles. The number of rotatable bonds is 3. The molecule has 25 heavy (non-hydrogen) atoms. The van der Waals surface area contributed by atoms with E-state index in [1.165, 1.54) is 0 Å². The van der Waals surface area contributed by atoms with E-state index >= 15 is 0 Å². The highest BCUT2D eigenvalue weighted by molar-refractivity contribution is 5.95. The zero-order chi connectivity index (χ0) is 18.0. The van der Waals surface area contributed by atoms with Crippen LogP contribution >= 0.6 is 0 Å². The Kier molecular flexibility index (Phi) is 4.98. The van der Waals surface area contributed by atoms with E-state index in [2.05, 4.69) is 12.6 Å². The predicted molar refractivity (Wildman–Crippen MR) is 99.5 cm³/mol. The SMILES string of the molecule is C=CCN1C(=O)CCCC12CCCN(C(=O)c1cc(C)cc(C)c1)C2. The van der Waals surface area contributed by atoms with Crippen LogP contribution in [0.15, 0.2) is 30.9 Å². The molecular weight excluding hydrogens is 312 g/mol. The first-order chi connectivity index (χ1) is 11.9. The predicted octanol–water partition coefficient (Wildman–Crippen LogP) is 3.48. The molecule has 0 radical (unpaired) electrons. The summed E-state index contributed by atoms with van der Waals surface area (Å²) < 4.78 is 0. The molecule has 0 aliphatic carbocycles.